The van der Waals surface area contributed by atoms with Gasteiger partial charge in [0.25, 0.3) is 0 Å². The summed E-state index contributed by atoms with van der Waals surface area (Å²) < 4.78 is 45.8. The SMILES string of the molecule is CCOc1ccccc1OCc1cc(/C=C/C(=O)c2ccc(OC(F)F)cc2)ccc1OC. The number of ether oxygens (including phenoxy) is 4. The molecule has 3 aromatic carbocycles. The molecule has 0 N–H and O–H groups in total. The highest BCUT2D eigenvalue weighted by Gasteiger charge is 2.09. The largest absolute Gasteiger partial charge is 0.496 e. The van der Waals surface area contributed by atoms with Gasteiger partial charge in [0.2, 0.25) is 0 Å². The molecule has 3 aromatic rings. The Kier molecular flexibility index (Phi) is 8.41. The van der Waals surface area contributed by atoms with Crippen LogP contribution >= 0.6 is 0 Å². The number of ketones is 1. The minimum Gasteiger partial charge on any atom is -0.496 e. The maximum Gasteiger partial charge on any atom is 0.387 e. The van der Waals surface area contributed by atoms with Gasteiger partial charge in [-0.2, -0.15) is 8.78 Å². The Labute approximate surface area is 191 Å². The van der Waals surface area contributed by atoms with E-state index in [0.29, 0.717) is 29.4 Å². The predicted octanol–water partition coefficient (Wildman–Crippen LogP) is 6.17. The molecule has 0 saturated heterocycles. The van der Waals surface area contributed by atoms with Crippen molar-refractivity contribution in [2.24, 2.45) is 0 Å². The van der Waals surface area contributed by atoms with Crippen molar-refractivity contribution in [1.82, 2.24) is 0 Å². The number of benzene rings is 3. The Hall–Kier alpha value is -3.87. The molecule has 3 rings (SSSR count). The molecular formula is C26H24F2O5. The fourth-order valence-electron chi connectivity index (χ4n) is 3.08. The first-order valence-electron chi connectivity index (χ1n) is 10.3. The molecule has 0 unspecified atom stereocenters. The summed E-state index contributed by atoms with van der Waals surface area (Å²) in [5, 5.41) is 0. The standard InChI is InChI=1S/C26H24F2O5/c1-3-31-24-6-4-5-7-25(24)32-17-20-16-18(9-15-23(20)30-2)8-14-22(29)19-10-12-21(13-11-19)33-26(27)28/h4-16,26H,3,17H2,1-2H3/b14-8+. The van der Waals surface area contributed by atoms with E-state index in [4.69, 9.17) is 14.2 Å². The van der Waals surface area contributed by atoms with Crippen LogP contribution in [0.2, 0.25) is 0 Å². The molecule has 0 atom stereocenters. The number of alkyl halides is 2. The lowest BCUT2D eigenvalue weighted by molar-refractivity contribution is -0.0498. The highest BCUT2D eigenvalue weighted by molar-refractivity contribution is 6.06. The third-order valence-corrected chi connectivity index (χ3v) is 4.63. The fraction of sp³-hybridized carbons (Fsp3) is 0.192. The minimum absolute atomic E-state index is 0.00349. The monoisotopic (exact) mass is 454 g/mol. The highest BCUT2D eigenvalue weighted by Crippen LogP contribution is 2.29. The zero-order valence-corrected chi connectivity index (χ0v) is 18.3. The molecule has 0 aromatic heterocycles. The fourth-order valence-corrected chi connectivity index (χ4v) is 3.08. The first-order chi connectivity index (χ1) is 16.0. The molecular weight excluding hydrogens is 430 g/mol. The molecule has 172 valence electrons. The summed E-state index contributed by atoms with van der Waals surface area (Å²) in [6.07, 6.45) is 3.09. The van der Waals surface area contributed by atoms with Crippen LogP contribution in [0.3, 0.4) is 0 Å². The van der Waals surface area contributed by atoms with Gasteiger partial charge in [-0.25, -0.2) is 0 Å². The van der Waals surface area contributed by atoms with Crippen molar-refractivity contribution in [2.45, 2.75) is 20.1 Å². The highest BCUT2D eigenvalue weighted by atomic mass is 19.3. The van der Waals surface area contributed by atoms with Crippen molar-refractivity contribution in [3.63, 3.8) is 0 Å². The summed E-state index contributed by atoms with van der Waals surface area (Å²) >= 11 is 0. The molecule has 0 aliphatic carbocycles. The van der Waals surface area contributed by atoms with E-state index in [2.05, 4.69) is 4.74 Å². The Bertz CT molecular complexity index is 1090. The van der Waals surface area contributed by atoms with E-state index in [0.717, 1.165) is 11.1 Å². The molecule has 0 bridgehead atoms. The van der Waals surface area contributed by atoms with Gasteiger partial charge in [-0.1, -0.05) is 24.3 Å². The van der Waals surface area contributed by atoms with Gasteiger partial charge in [-0.15, -0.1) is 0 Å². The maximum atomic E-state index is 12.4. The molecule has 33 heavy (non-hydrogen) atoms. The first-order valence-corrected chi connectivity index (χ1v) is 10.3. The predicted molar refractivity (Wildman–Crippen MR) is 121 cm³/mol. The average molecular weight is 454 g/mol. The van der Waals surface area contributed by atoms with Gasteiger partial charge in [-0.05, 0) is 67.1 Å². The summed E-state index contributed by atoms with van der Waals surface area (Å²) in [5.41, 5.74) is 1.93. The molecule has 0 spiro atoms. The Morgan fingerprint density at radius 1 is 0.939 bits per heavy atom. The van der Waals surface area contributed by atoms with Crippen LogP contribution in [0.5, 0.6) is 23.0 Å². The molecule has 0 heterocycles. The van der Waals surface area contributed by atoms with Crippen LogP contribution < -0.4 is 18.9 Å². The Balaban J connectivity index is 1.71. The lowest BCUT2D eigenvalue weighted by atomic mass is 10.1. The van der Waals surface area contributed by atoms with E-state index >= 15 is 0 Å². The van der Waals surface area contributed by atoms with Gasteiger partial charge < -0.3 is 18.9 Å². The van der Waals surface area contributed by atoms with Gasteiger partial charge in [0, 0.05) is 11.1 Å². The Morgan fingerprint density at radius 3 is 2.27 bits per heavy atom. The Morgan fingerprint density at radius 2 is 1.64 bits per heavy atom. The summed E-state index contributed by atoms with van der Waals surface area (Å²) in [6.45, 7) is -0.232. The van der Waals surface area contributed by atoms with Crippen molar-refractivity contribution >= 4 is 11.9 Å². The van der Waals surface area contributed by atoms with E-state index in [9.17, 15) is 13.6 Å². The van der Waals surface area contributed by atoms with E-state index < -0.39 is 6.61 Å². The normalized spacial score (nSPS) is 10.9. The zero-order chi connectivity index (χ0) is 23.6. The van der Waals surface area contributed by atoms with Crippen LogP contribution in [0, 0.1) is 0 Å². The zero-order valence-electron chi connectivity index (χ0n) is 18.3. The lowest BCUT2D eigenvalue weighted by Crippen LogP contribution is -2.02. The number of hydrogen-bond donors (Lipinski definition) is 0. The van der Waals surface area contributed by atoms with Gasteiger partial charge >= 0.3 is 6.61 Å². The third kappa shape index (κ3) is 6.80. The van der Waals surface area contributed by atoms with E-state index in [1.165, 1.54) is 30.3 Å². The second-order valence-electron chi connectivity index (χ2n) is 6.84. The molecule has 5 nitrogen and oxygen atoms in total. The van der Waals surface area contributed by atoms with Crippen molar-refractivity contribution in [3.05, 3.63) is 89.5 Å². The van der Waals surface area contributed by atoms with Crippen molar-refractivity contribution < 1.29 is 32.5 Å². The molecule has 0 aliphatic heterocycles. The number of halogens is 2. The molecule has 0 fully saturated rings. The van der Waals surface area contributed by atoms with Crippen molar-refractivity contribution in [3.8, 4) is 23.0 Å². The topological polar surface area (TPSA) is 54.0 Å². The van der Waals surface area contributed by atoms with Crippen LogP contribution in [-0.2, 0) is 6.61 Å². The molecule has 0 radical (unpaired) electrons. The summed E-state index contributed by atoms with van der Waals surface area (Å²) in [4.78, 5) is 12.4. The second-order valence-corrected chi connectivity index (χ2v) is 6.84. The van der Waals surface area contributed by atoms with Crippen LogP contribution in [0.25, 0.3) is 6.08 Å². The number of carbonyl (C=O) groups is 1. The number of rotatable bonds is 11. The van der Waals surface area contributed by atoms with Crippen LogP contribution in [0.4, 0.5) is 8.78 Å². The molecule has 0 amide bonds. The van der Waals surface area contributed by atoms with Crippen LogP contribution in [-0.4, -0.2) is 26.1 Å². The maximum absolute atomic E-state index is 12.4. The van der Waals surface area contributed by atoms with Gasteiger partial charge in [-0.3, -0.25) is 4.79 Å². The van der Waals surface area contributed by atoms with Crippen molar-refractivity contribution in [2.75, 3.05) is 13.7 Å². The number of carbonyl (C=O) groups excluding carboxylic acids is 1. The smallest absolute Gasteiger partial charge is 0.387 e. The quantitative estimate of drug-likeness (QED) is 0.256. The lowest BCUT2D eigenvalue weighted by Gasteiger charge is -2.14. The molecule has 7 heteroatoms. The second kappa shape index (κ2) is 11.7. The number of para-hydroxylation sites is 2. The third-order valence-electron chi connectivity index (χ3n) is 4.63. The molecule has 0 aliphatic rings. The first kappa shape index (κ1) is 23.8. The van der Waals surface area contributed by atoms with Gasteiger partial charge in [0.1, 0.15) is 18.1 Å². The van der Waals surface area contributed by atoms with Crippen LogP contribution in [0.1, 0.15) is 28.4 Å². The van der Waals surface area contributed by atoms with E-state index in [1.807, 2.05) is 43.3 Å². The number of methoxy groups -OCH3 is 1. The number of allylic oxidation sites excluding steroid dienone is 1. The van der Waals surface area contributed by atoms with Crippen LogP contribution in [0.15, 0.2) is 72.8 Å². The molecule has 0 saturated carbocycles. The summed E-state index contributed by atoms with van der Waals surface area (Å²) in [5.74, 6) is 1.67. The van der Waals surface area contributed by atoms with Gasteiger partial charge in [0.15, 0.2) is 17.3 Å². The van der Waals surface area contributed by atoms with E-state index in [-0.39, 0.29) is 18.1 Å². The minimum atomic E-state index is -2.91. The summed E-state index contributed by atoms with van der Waals surface area (Å²) in [6, 6.07) is 18.4. The number of hydrogen-bond acceptors (Lipinski definition) is 5. The van der Waals surface area contributed by atoms with Crippen molar-refractivity contribution in [1.29, 1.82) is 0 Å². The van der Waals surface area contributed by atoms with Gasteiger partial charge in [0.05, 0.1) is 13.7 Å². The summed E-state index contributed by atoms with van der Waals surface area (Å²) in [7, 11) is 1.58. The average Bonchev–Trinajstić information content (AvgIpc) is 2.82. The van der Waals surface area contributed by atoms with E-state index in [1.54, 1.807) is 19.3 Å².